The molecule has 0 radical (unpaired) electrons. The zero-order valence-corrected chi connectivity index (χ0v) is 11.5. The van der Waals surface area contributed by atoms with Gasteiger partial charge >= 0.3 is 0 Å². The summed E-state index contributed by atoms with van der Waals surface area (Å²) >= 11 is 5.11. The molecular formula is C11H16BrN3S. The number of nitrogens with two attached hydrogens (primary N) is 1. The number of thiophene rings is 1. The summed E-state index contributed by atoms with van der Waals surface area (Å²) in [5.74, 6) is 0.578. The maximum absolute atomic E-state index is 5.84. The van der Waals surface area contributed by atoms with Crippen molar-refractivity contribution in [2.45, 2.75) is 38.3 Å². The molecule has 16 heavy (non-hydrogen) atoms. The number of halogens is 1. The maximum atomic E-state index is 5.84. The normalized spacial score (nSPS) is 17.9. The molecule has 3 nitrogen and oxygen atoms in total. The fourth-order valence-corrected chi connectivity index (χ4v) is 3.13. The highest BCUT2D eigenvalue weighted by molar-refractivity contribution is 9.11. The van der Waals surface area contributed by atoms with Gasteiger partial charge < -0.3 is 11.1 Å². The Morgan fingerprint density at radius 3 is 2.94 bits per heavy atom. The molecule has 0 saturated heterocycles. The highest BCUT2D eigenvalue weighted by Gasteiger charge is 2.14. The van der Waals surface area contributed by atoms with Gasteiger partial charge in [-0.1, -0.05) is 12.8 Å². The summed E-state index contributed by atoms with van der Waals surface area (Å²) in [6.07, 6.45) is 5.06. The van der Waals surface area contributed by atoms with Crippen molar-refractivity contribution in [1.29, 1.82) is 0 Å². The minimum absolute atomic E-state index is 0.540. The molecule has 88 valence electrons. The smallest absolute Gasteiger partial charge is 0.189 e. The predicted octanol–water partition coefficient (Wildman–Crippen LogP) is 2.86. The van der Waals surface area contributed by atoms with E-state index in [1.165, 1.54) is 31.2 Å². The van der Waals surface area contributed by atoms with Crippen LogP contribution in [0.15, 0.2) is 20.2 Å². The molecule has 5 heteroatoms. The lowest BCUT2D eigenvalue weighted by molar-refractivity contribution is 0.625. The quantitative estimate of drug-likeness (QED) is 0.666. The van der Waals surface area contributed by atoms with Crippen molar-refractivity contribution in [3.05, 3.63) is 20.8 Å². The first-order chi connectivity index (χ1) is 7.74. The van der Waals surface area contributed by atoms with Crippen LogP contribution in [0, 0.1) is 0 Å². The van der Waals surface area contributed by atoms with Crippen molar-refractivity contribution in [2.24, 2.45) is 10.7 Å². The molecule has 1 fully saturated rings. The Hall–Kier alpha value is -0.550. The van der Waals surface area contributed by atoms with Gasteiger partial charge in [-0.05, 0) is 45.8 Å². The fraction of sp³-hybridized carbons (Fsp3) is 0.545. The molecule has 3 N–H and O–H groups in total. The molecule has 0 spiro atoms. The van der Waals surface area contributed by atoms with Gasteiger partial charge in [0, 0.05) is 6.04 Å². The molecule has 1 heterocycles. The third kappa shape index (κ3) is 3.49. The average Bonchev–Trinajstić information content (AvgIpc) is 2.87. The minimum atomic E-state index is 0.540. The Kier molecular flexibility index (Phi) is 4.23. The Labute approximate surface area is 108 Å². The molecule has 0 aromatic carbocycles. The van der Waals surface area contributed by atoms with E-state index in [2.05, 4.69) is 37.7 Å². The lowest BCUT2D eigenvalue weighted by Gasteiger charge is -2.11. The second-order valence-electron chi connectivity index (χ2n) is 4.09. The summed E-state index contributed by atoms with van der Waals surface area (Å²) in [6, 6.07) is 2.62. The molecule has 0 bridgehead atoms. The van der Waals surface area contributed by atoms with Gasteiger partial charge in [0.2, 0.25) is 0 Å². The Balaban J connectivity index is 1.81. The van der Waals surface area contributed by atoms with Crippen molar-refractivity contribution in [2.75, 3.05) is 0 Å². The van der Waals surface area contributed by atoms with E-state index < -0.39 is 0 Å². The van der Waals surface area contributed by atoms with Crippen LogP contribution in [-0.4, -0.2) is 12.0 Å². The van der Waals surface area contributed by atoms with Crippen molar-refractivity contribution in [3.63, 3.8) is 0 Å². The highest BCUT2D eigenvalue weighted by Crippen LogP contribution is 2.21. The molecule has 1 aliphatic carbocycles. The largest absolute Gasteiger partial charge is 0.370 e. The highest BCUT2D eigenvalue weighted by atomic mass is 79.9. The summed E-state index contributed by atoms with van der Waals surface area (Å²) in [7, 11) is 0. The molecule has 0 aliphatic heterocycles. The number of nitrogens with one attached hydrogen (secondary N) is 1. The van der Waals surface area contributed by atoms with Crippen LogP contribution in [0.1, 0.15) is 31.2 Å². The lowest BCUT2D eigenvalue weighted by atomic mass is 10.2. The van der Waals surface area contributed by atoms with Crippen molar-refractivity contribution in [1.82, 2.24) is 5.32 Å². The van der Waals surface area contributed by atoms with E-state index in [1.807, 2.05) is 0 Å². The second-order valence-corrected chi connectivity index (χ2v) is 6.38. The van der Waals surface area contributed by atoms with E-state index in [1.54, 1.807) is 11.3 Å². The average molecular weight is 302 g/mol. The number of nitrogens with zero attached hydrogens (tertiary/aromatic N) is 1. The Morgan fingerprint density at radius 1 is 1.56 bits per heavy atom. The predicted molar refractivity (Wildman–Crippen MR) is 72.7 cm³/mol. The third-order valence-electron chi connectivity index (χ3n) is 2.76. The lowest BCUT2D eigenvalue weighted by Crippen LogP contribution is -2.38. The van der Waals surface area contributed by atoms with Gasteiger partial charge in [-0.3, -0.25) is 0 Å². The maximum Gasteiger partial charge on any atom is 0.189 e. The Bertz CT molecular complexity index is 369. The van der Waals surface area contributed by atoms with Crippen LogP contribution < -0.4 is 11.1 Å². The van der Waals surface area contributed by atoms with Crippen molar-refractivity contribution < 1.29 is 0 Å². The van der Waals surface area contributed by atoms with E-state index in [0.717, 1.165) is 3.79 Å². The molecular weight excluding hydrogens is 286 g/mol. The van der Waals surface area contributed by atoms with Crippen LogP contribution in [0.4, 0.5) is 0 Å². The van der Waals surface area contributed by atoms with Crippen LogP contribution in [0.3, 0.4) is 0 Å². The van der Waals surface area contributed by atoms with Crippen LogP contribution in [0.25, 0.3) is 0 Å². The summed E-state index contributed by atoms with van der Waals surface area (Å²) in [5.41, 5.74) is 7.04. The van der Waals surface area contributed by atoms with Gasteiger partial charge in [-0.2, -0.15) is 0 Å². The van der Waals surface area contributed by atoms with E-state index >= 15 is 0 Å². The van der Waals surface area contributed by atoms with E-state index in [-0.39, 0.29) is 0 Å². The topological polar surface area (TPSA) is 50.4 Å². The molecule has 1 aliphatic rings. The molecule has 1 saturated carbocycles. The zero-order chi connectivity index (χ0) is 11.4. The summed E-state index contributed by atoms with van der Waals surface area (Å²) in [6.45, 7) is 0.660. The monoisotopic (exact) mass is 301 g/mol. The molecule has 1 aromatic rings. The molecule has 0 atom stereocenters. The van der Waals surface area contributed by atoms with E-state index in [0.29, 0.717) is 18.5 Å². The minimum Gasteiger partial charge on any atom is -0.370 e. The van der Waals surface area contributed by atoms with Gasteiger partial charge in [-0.15, -0.1) is 11.3 Å². The van der Waals surface area contributed by atoms with Crippen LogP contribution in [-0.2, 0) is 6.54 Å². The van der Waals surface area contributed by atoms with Crippen LogP contribution in [0.5, 0.6) is 0 Å². The first kappa shape index (κ1) is 11.9. The van der Waals surface area contributed by atoms with Crippen LogP contribution >= 0.6 is 27.3 Å². The Morgan fingerprint density at radius 2 is 2.31 bits per heavy atom. The summed E-state index contributed by atoms with van der Waals surface area (Å²) < 4.78 is 1.14. The van der Waals surface area contributed by atoms with Crippen molar-refractivity contribution >= 4 is 33.2 Å². The number of hydrogen-bond acceptors (Lipinski definition) is 2. The number of hydrogen-bond donors (Lipinski definition) is 2. The third-order valence-corrected chi connectivity index (χ3v) is 4.31. The van der Waals surface area contributed by atoms with Gasteiger partial charge in [0.25, 0.3) is 0 Å². The SMILES string of the molecule is NC(=NCc1csc(Br)c1)NC1CCCC1. The molecule has 0 amide bonds. The van der Waals surface area contributed by atoms with E-state index in [9.17, 15) is 0 Å². The molecule has 0 unspecified atom stereocenters. The fourth-order valence-electron chi connectivity index (χ4n) is 1.93. The summed E-state index contributed by atoms with van der Waals surface area (Å²) in [5, 5.41) is 5.37. The van der Waals surface area contributed by atoms with Crippen LogP contribution in [0.2, 0.25) is 0 Å². The van der Waals surface area contributed by atoms with Gasteiger partial charge in [0.1, 0.15) is 0 Å². The zero-order valence-electron chi connectivity index (χ0n) is 9.08. The standard InChI is InChI=1S/C11H16BrN3S/c12-10-5-8(7-16-10)6-14-11(13)15-9-3-1-2-4-9/h5,7,9H,1-4,6H2,(H3,13,14,15). The molecule has 1 aromatic heterocycles. The van der Waals surface area contributed by atoms with Gasteiger partial charge in [0.15, 0.2) is 5.96 Å². The first-order valence-corrected chi connectivity index (χ1v) is 7.20. The molecule has 2 rings (SSSR count). The van der Waals surface area contributed by atoms with Gasteiger partial charge in [-0.25, -0.2) is 4.99 Å². The number of rotatable bonds is 3. The summed E-state index contributed by atoms with van der Waals surface area (Å²) in [4.78, 5) is 4.34. The number of aliphatic imine (C=N–C) groups is 1. The first-order valence-electron chi connectivity index (χ1n) is 5.53. The van der Waals surface area contributed by atoms with E-state index in [4.69, 9.17) is 5.73 Å². The van der Waals surface area contributed by atoms with Crippen molar-refractivity contribution in [3.8, 4) is 0 Å². The van der Waals surface area contributed by atoms with Gasteiger partial charge in [0.05, 0.1) is 10.3 Å². The number of guanidine groups is 1. The second kappa shape index (κ2) is 5.68.